The Balaban J connectivity index is 0.884. The first-order chi connectivity index (χ1) is 44.4. The van der Waals surface area contributed by atoms with E-state index in [1.54, 1.807) is 97.1 Å². The minimum absolute atomic E-state index is 0.0109. The highest BCUT2D eigenvalue weighted by molar-refractivity contribution is 6.08. The lowest BCUT2D eigenvalue weighted by atomic mass is 9.98. The van der Waals surface area contributed by atoms with Crippen molar-refractivity contribution in [1.82, 2.24) is 41.7 Å². The maximum atomic E-state index is 14.0. The molecule has 0 saturated heterocycles. The normalized spacial score (nSPS) is 12.7. The van der Waals surface area contributed by atoms with Crippen LogP contribution >= 0.6 is 0 Å². The summed E-state index contributed by atoms with van der Waals surface area (Å²) in [4.78, 5) is 137. The Labute approximate surface area is 530 Å². The van der Waals surface area contributed by atoms with Crippen molar-refractivity contribution in [3.05, 3.63) is 212 Å². The zero-order valence-corrected chi connectivity index (χ0v) is 51.0. The molecule has 2 aliphatic rings. The van der Waals surface area contributed by atoms with E-state index in [1.807, 2.05) is 12.1 Å². The maximum absolute atomic E-state index is 14.0. The summed E-state index contributed by atoms with van der Waals surface area (Å²) >= 11 is 0. The Morgan fingerprint density at radius 1 is 0.424 bits per heavy atom. The van der Waals surface area contributed by atoms with E-state index in [9.17, 15) is 56.7 Å². The van der Waals surface area contributed by atoms with Crippen LogP contribution in [0.15, 0.2) is 133 Å². The van der Waals surface area contributed by atoms with E-state index in [0.29, 0.717) is 35.1 Å². The first kappa shape index (κ1) is 67.4. The number of amides is 8. The van der Waals surface area contributed by atoms with Gasteiger partial charge in [0, 0.05) is 65.2 Å². The van der Waals surface area contributed by atoms with Gasteiger partial charge in [0.1, 0.15) is 36.9 Å². The first-order valence-corrected chi connectivity index (χ1v) is 30.0. The Morgan fingerprint density at radius 2 is 0.739 bits per heavy atom. The van der Waals surface area contributed by atoms with Gasteiger partial charge in [0.05, 0.1) is 36.5 Å². The Morgan fingerprint density at radius 3 is 1.05 bits per heavy atom. The Kier molecular flexibility index (Phi) is 24.4. The molecular formula is C68H72F2N8O14. The van der Waals surface area contributed by atoms with Crippen molar-refractivity contribution < 1.29 is 75.7 Å². The van der Waals surface area contributed by atoms with Crippen molar-refractivity contribution in [3.63, 3.8) is 0 Å². The lowest BCUT2D eigenvalue weighted by Gasteiger charge is -2.18. The predicted octanol–water partition coefficient (Wildman–Crippen LogP) is 7.03. The summed E-state index contributed by atoms with van der Waals surface area (Å²) in [7, 11) is 2.35. The maximum Gasteiger partial charge on any atom is 0.408 e. The van der Waals surface area contributed by atoms with Gasteiger partial charge in [0.2, 0.25) is 11.8 Å². The molecule has 2 atom stereocenters. The van der Waals surface area contributed by atoms with E-state index >= 15 is 0 Å². The zero-order chi connectivity index (χ0) is 65.5. The number of hydrogen-bond donors (Lipinski definition) is 6. The summed E-state index contributed by atoms with van der Waals surface area (Å²) in [5.41, 5.74) is 5.45. The second-order valence-electron chi connectivity index (χ2n) is 22.0. The fraction of sp³-hybridized carbons (Fsp3) is 0.324. The van der Waals surface area contributed by atoms with Gasteiger partial charge >= 0.3 is 24.1 Å². The third kappa shape index (κ3) is 19.5. The van der Waals surface area contributed by atoms with Crippen LogP contribution < -0.4 is 31.9 Å². The highest BCUT2D eigenvalue weighted by Gasteiger charge is 2.32. The van der Waals surface area contributed by atoms with Crippen LogP contribution in [0.4, 0.5) is 18.4 Å². The quantitative estimate of drug-likeness (QED) is 0.0156. The molecule has 8 amide bonds. The number of benzene rings is 6. The van der Waals surface area contributed by atoms with Gasteiger partial charge in [-0.15, -0.1) is 0 Å². The second kappa shape index (κ2) is 33.3. The number of methoxy groups -OCH3 is 2. The summed E-state index contributed by atoms with van der Waals surface area (Å²) in [6, 6.07) is 33.5. The minimum atomic E-state index is -1.10. The smallest absolute Gasteiger partial charge is 0.408 e. The van der Waals surface area contributed by atoms with Crippen LogP contribution in [0.3, 0.4) is 0 Å². The number of rotatable bonds is 29. The van der Waals surface area contributed by atoms with E-state index in [4.69, 9.17) is 18.9 Å². The van der Waals surface area contributed by atoms with Crippen molar-refractivity contribution in [1.29, 1.82) is 0 Å². The topological polar surface area (TPSA) is 286 Å². The molecule has 482 valence electrons. The van der Waals surface area contributed by atoms with Crippen molar-refractivity contribution in [3.8, 4) is 0 Å². The number of hydrogen-bond acceptors (Lipinski definition) is 14. The molecule has 22 nitrogen and oxygen atoms in total. The van der Waals surface area contributed by atoms with E-state index in [-0.39, 0.29) is 138 Å². The van der Waals surface area contributed by atoms with E-state index in [1.165, 1.54) is 48.3 Å². The largest absolute Gasteiger partial charge is 0.467 e. The molecular weight excluding hydrogens is 1190 g/mol. The van der Waals surface area contributed by atoms with Crippen molar-refractivity contribution in [2.75, 3.05) is 40.4 Å². The molecule has 6 N–H and O–H groups in total. The first-order valence-electron chi connectivity index (χ1n) is 30.0. The van der Waals surface area contributed by atoms with Crippen molar-refractivity contribution in [2.24, 2.45) is 0 Å². The SMILES string of the molecule is COC(=O)[C@H](CCCNC(=O)c1cc2c(cc1C(=O)NCCc1ccc(F)cc1)CN(C(=O)CCC(=O)N1Cc3cc(C(=O)NCCC[C@H](NC(=O)OCc4ccccc4)C(=O)OC)c(C(=O)NCCc4ccc(F)cc4)cc3C1)C2)NC(=O)OCc1ccccc1. The summed E-state index contributed by atoms with van der Waals surface area (Å²) < 4.78 is 47.5. The third-order valence-corrected chi connectivity index (χ3v) is 15.5. The molecule has 0 saturated carbocycles. The number of ether oxygens (including phenoxy) is 4. The van der Waals surface area contributed by atoms with Gasteiger partial charge < -0.3 is 60.6 Å². The number of alkyl carbamates (subject to hydrolysis) is 2. The number of carbonyl (C=O) groups is 10. The van der Waals surface area contributed by atoms with Gasteiger partial charge in [0.25, 0.3) is 23.6 Å². The fourth-order valence-corrected chi connectivity index (χ4v) is 10.5. The molecule has 0 aromatic heterocycles. The standard InChI is InChI=1S/C68H72F2N8O14/c1-89-65(85)57(75-67(87)91-41-45-11-5-3-6-12-45)15-9-29-71-61(81)53-33-47-37-77(39-49(47)35-55(53)63(83)73-31-27-43-17-21-51(69)22-18-43)59(79)25-26-60(80)78-38-48-34-54(56(36-50(48)40-78)64(84)74-32-28-44-19-23-52(70)24-20-44)62(82)72-30-10-16-58(66(86)90-2)76-68(88)92-42-46-13-7-4-8-14-46/h3-8,11-14,17-24,33-36,57-58H,9-10,15-16,25-32,37-42H2,1-2H3,(H,71,81)(H,72,82)(H,73,83)(H,74,84)(H,75,87)(H,76,88)/t57-,58-/m0/s1. The van der Waals surface area contributed by atoms with Gasteiger partial charge in [0.15, 0.2) is 0 Å². The van der Waals surface area contributed by atoms with Crippen LogP contribution in [0.1, 0.15) is 124 Å². The molecule has 6 aromatic carbocycles. The molecule has 0 aliphatic carbocycles. The number of carbonyl (C=O) groups excluding carboxylic acids is 10. The van der Waals surface area contributed by atoms with Crippen LogP contribution in [0.2, 0.25) is 0 Å². The second-order valence-corrected chi connectivity index (χ2v) is 22.0. The average molecular weight is 1260 g/mol. The average Bonchev–Trinajstić information content (AvgIpc) is 1.61. The molecule has 24 heteroatoms. The van der Waals surface area contributed by atoms with Gasteiger partial charge in [-0.05, 0) is 132 Å². The summed E-state index contributed by atoms with van der Waals surface area (Å²) in [6.45, 7) is 0.508. The van der Waals surface area contributed by atoms with Crippen LogP contribution in [-0.4, -0.2) is 122 Å². The molecule has 8 rings (SSSR count). The predicted molar refractivity (Wildman–Crippen MR) is 330 cm³/mol. The molecule has 0 unspecified atom stereocenters. The highest BCUT2D eigenvalue weighted by Crippen LogP contribution is 2.30. The zero-order valence-electron chi connectivity index (χ0n) is 51.0. The lowest BCUT2D eigenvalue weighted by Crippen LogP contribution is -2.42. The van der Waals surface area contributed by atoms with Crippen LogP contribution in [0, 0.1) is 11.6 Å². The van der Waals surface area contributed by atoms with Crippen molar-refractivity contribution >= 4 is 59.6 Å². The Hall–Kier alpha value is -10.5. The summed E-state index contributed by atoms with van der Waals surface area (Å²) in [5, 5.41) is 16.3. The number of halogens is 2. The molecule has 0 fully saturated rings. The monoisotopic (exact) mass is 1260 g/mol. The molecule has 0 spiro atoms. The molecule has 0 radical (unpaired) electrons. The Bertz CT molecular complexity index is 3400. The van der Waals surface area contributed by atoms with Crippen LogP contribution in [-0.2, 0) is 90.4 Å². The van der Waals surface area contributed by atoms with Gasteiger partial charge in [-0.25, -0.2) is 28.0 Å². The van der Waals surface area contributed by atoms with Crippen LogP contribution in [0.25, 0.3) is 0 Å². The van der Waals surface area contributed by atoms with E-state index in [0.717, 1.165) is 22.3 Å². The molecule has 2 aliphatic heterocycles. The van der Waals surface area contributed by atoms with E-state index < -0.39 is 71.5 Å². The van der Waals surface area contributed by atoms with Gasteiger partial charge in [-0.2, -0.15) is 0 Å². The fourth-order valence-electron chi connectivity index (χ4n) is 10.5. The van der Waals surface area contributed by atoms with E-state index in [2.05, 4.69) is 31.9 Å². The lowest BCUT2D eigenvalue weighted by molar-refractivity contribution is -0.144. The molecule has 6 aromatic rings. The summed E-state index contributed by atoms with van der Waals surface area (Å²) in [6.07, 6.45) is -0.872. The summed E-state index contributed by atoms with van der Waals surface area (Å²) in [5.74, 6) is -5.43. The van der Waals surface area contributed by atoms with Crippen LogP contribution in [0.5, 0.6) is 0 Å². The number of nitrogens with zero attached hydrogens (tertiary/aromatic N) is 2. The molecule has 92 heavy (non-hydrogen) atoms. The van der Waals surface area contributed by atoms with Crippen molar-refractivity contribution in [2.45, 2.75) is 103 Å². The number of fused-ring (bicyclic) bond motifs is 2. The minimum Gasteiger partial charge on any atom is -0.467 e. The number of nitrogens with one attached hydrogen (secondary N) is 6. The third-order valence-electron chi connectivity index (χ3n) is 15.5. The van der Waals surface area contributed by atoms with Gasteiger partial charge in [-0.1, -0.05) is 84.9 Å². The number of esters is 2. The molecule has 2 heterocycles. The van der Waals surface area contributed by atoms with Gasteiger partial charge in [-0.3, -0.25) is 28.8 Å². The molecule has 0 bridgehead atoms. The highest BCUT2D eigenvalue weighted by atomic mass is 19.1.